The van der Waals surface area contributed by atoms with Gasteiger partial charge >= 0.3 is 0 Å². The molecule has 2 rings (SSSR count). The van der Waals surface area contributed by atoms with Crippen molar-refractivity contribution in [3.63, 3.8) is 0 Å². The molecule has 0 aromatic heterocycles. The number of benzene rings is 1. The van der Waals surface area contributed by atoms with Gasteiger partial charge in [-0.2, -0.15) is 0 Å². The maximum atomic E-state index is 13.5. The van der Waals surface area contributed by atoms with Crippen LogP contribution in [0.25, 0.3) is 0 Å². The fourth-order valence-corrected chi connectivity index (χ4v) is 3.28. The third-order valence-corrected chi connectivity index (χ3v) is 4.66. The molecule has 6 heteroatoms. The lowest BCUT2D eigenvalue weighted by atomic mass is 10.1. The Morgan fingerprint density at radius 1 is 1.50 bits per heavy atom. The predicted octanol–water partition coefficient (Wildman–Crippen LogP) is 2.46. The largest absolute Gasteiger partial charge is 0.381 e. The van der Waals surface area contributed by atoms with Crippen LogP contribution in [-0.4, -0.2) is 57.0 Å². The average molecular weight is 325 g/mol. The molecule has 1 heterocycles. The molecule has 1 aliphatic rings. The van der Waals surface area contributed by atoms with Crippen molar-refractivity contribution >= 4 is 17.7 Å². The number of halogens is 1. The number of thioether (sulfide) groups is 1. The van der Waals surface area contributed by atoms with Gasteiger partial charge in [-0.3, -0.25) is 4.99 Å². The topological polar surface area (TPSA) is 36.9 Å². The van der Waals surface area contributed by atoms with Crippen LogP contribution < -0.4 is 5.32 Å². The van der Waals surface area contributed by atoms with Gasteiger partial charge in [-0.05, 0) is 18.6 Å². The molecule has 0 spiro atoms. The normalized spacial score (nSPS) is 18.5. The van der Waals surface area contributed by atoms with Gasteiger partial charge in [0, 0.05) is 50.4 Å². The summed E-state index contributed by atoms with van der Waals surface area (Å²) in [6, 6.07) is 6.86. The van der Waals surface area contributed by atoms with Crippen molar-refractivity contribution < 1.29 is 9.13 Å². The van der Waals surface area contributed by atoms with Gasteiger partial charge in [-0.25, -0.2) is 4.39 Å². The lowest BCUT2D eigenvalue weighted by Gasteiger charge is -2.24. The van der Waals surface area contributed by atoms with Crippen molar-refractivity contribution in [1.29, 1.82) is 0 Å². The predicted molar refractivity (Wildman–Crippen MR) is 90.0 cm³/mol. The molecule has 0 radical (unpaired) electrons. The summed E-state index contributed by atoms with van der Waals surface area (Å²) in [5.74, 6) is 2.09. The molecule has 1 atom stereocenters. The van der Waals surface area contributed by atoms with Crippen LogP contribution in [0.1, 0.15) is 6.42 Å². The summed E-state index contributed by atoms with van der Waals surface area (Å²) in [6.07, 6.45) is 1.12. The number of guanidine groups is 1. The molecule has 1 saturated heterocycles. The van der Waals surface area contributed by atoms with Gasteiger partial charge in [0.15, 0.2) is 5.96 Å². The van der Waals surface area contributed by atoms with Crippen molar-refractivity contribution in [1.82, 2.24) is 10.2 Å². The number of nitrogens with zero attached hydrogens (tertiary/aromatic N) is 2. The molecular formula is C16H24FN3OS. The van der Waals surface area contributed by atoms with Crippen molar-refractivity contribution in [3.8, 4) is 0 Å². The van der Waals surface area contributed by atoms with E-state index in [1.807, 2.05) is 13.1 Å². The third-order valence-electron chi connectivity index (χ3n) is 3.61. The van der Waals surface area contributed by atoms with Gasteiger partial charge in [0.05, 0.1) is 6.61 Å². The minimum absolute atomic E-state index is 0.157. The Labute approximate surface area is 136 Å². The minimum Gasteiger partial charge on any atom is -0.381 e. The second-order valence-electron chi connectivity index (χ2n) is 5.36. The van der Waals surface area contributed by atoms with Crippen molar-refractivity contribution in [2.45, 2.75) is 11.3 Å². The lowest BCUT2D eigenvalue weighted by molar-refractivity contribution is 0.181. The number of hydrogen-bond acceptors (Lipinski definition) is 3. The van der Waals surface area contributed by atoms with E-state index >= 15 is 0 Å². The SMILES string of the molecule is CN=C(NCCSc1ccccc1F)N(C)CC1CCOC1. The van der Waals surface area contributed by atoms with Crippen LogP contribution in [0.5, 0.6) is 0 Å². The van der Waals surface area contributed by atoms with E-state index in [0.29, 0.717) is 10.8 Å². The Bertz CT molecular complexity index is 492. The third kappa shape index (κ3) is 5.18. The summed E-state index contributed by atoms with van der Waals surface area (Å²) < 4.78 is 18.9. The molecule has 0 bridgehead atoms. The Kier molecular flexibility index (Phi) is 6.99. The Hall–Kier alpha value is -1.27. The molecule has 122 valence electrons. The lowest BCUT2D eigenvalue weighted by Crippen LogP contribution is -2.42. The highest BCUT2D eigenvalue weighted by molar-refractivity contribution is 7.99. The van der Waals surface area contributed by atoms with Gasteiger partial charge in [-0.1, -0.05) is 12.1 Å². The number of rotatable bonds is 6. The van der Waals surface area contributed by atoms with Crippen LogP contribution in [0.15, 0.2) is 34.2 Å². The van der Waals surface area contributed by atoms with Gasteiger partial charge in [0.1, 0.15) is 5.82 Å². The molecule has 22 heavy (non-hydrogen) atoms. The van der Waals surface area contributed by atoms with Crippen LogP contribution in [0.2, 0.25) is 0 Å². The zero-order valence-electron chi connectivity index (χ0n) is 13.2. The maximum Gasteiger partial charge on any atom is 0.193 e. The van der Waals surface area contributed by atoms with Crippen LogP contribution in [-0.2, 0) is 4.74 Å². The summed E-state index contributed by atoms with van der Waals surface area (Å²) in [5.41, 5.74) is 0. The molecule has 1 aromatic carbocycles. The quantitative estimate of drug-likeness (QED) is 0.377. The summed E-state index contributed by atoms with van der Waals surface area (Å²) in [4.78, 5) is 7.12. The highest BCUT2D eigenvalue weighted by Gasteiger charge is 2.18. The summed E-state index contributed by atoms with van der Waals surface area (Å²) >= 11 is 1.51. The highest BCUT2D eigenvalue weighted by atomic mass is 32.2. The number of ether oxygens (including phenoxy) is 1. The Balaban J connectivity index is 1.70. The fourth-order valence-electron chi connectivity index (χ4n) is 2.47. The molecule has 0 saturated carbocycles. The molecule has 1 unspecified atom stereocenters. The maximum absolute atomic E-state index is 13.5. The molecule has 1 N–H and O–H groups in total. The van der Waals surface area contributed by atoms with Crippen molar-refractivity contribution in [2.75, 3.05) is 46.2 Å². The average Bonchev–Trinajstić information content (AvgIpc) is 3.02. The molecule has 1 aliphatic heterocycles. The first-order valence-electron chi connectivity index (χ1n) is 7.57. The van der Waals surface area contributed by atoms with Gasteiger partial charge < -0.3 is 15.0 Å². The highest BCUT2D eigenvalue weighted by Crippen LogP contribution is 2.20. The smallest absolute Gasteiger partial charge is 0.193 e. The standard InChI is InChI=1S/C16H24FN3OS/c1-18-16(20(2)11-13-7-9-21-12-13)19-8-10-22-15-6-4-3-5-14(15)17/h3-6,13H,7-12H2,1-2H3,(H,18,19). The number of nitrogens with one attached hydrogen (secondary N) is 1. The van der Waals surface area contributed by atoms with Crippen LogP contribution in [0.4, 0.5) is 4.39 Å². The molecule has 0 amide bonds. The van der Waals surface area contributed by atoms with Crippen LogP contribution >= 0.6 is 11.8 Å². The second-order valence-corrected chi connectivity index (χ2v) is 6.50. The molecule has 1 aromatic rings. The van der Waals surface area contributed by atoms with Gasteiger partial charge in [-0.15, -0.1) is 11.8 Å². The van der Waals surface area contributed by atoms with Crippen LogP contribution in [0.3, 0.4) is 0 Å². The molecule has 0 aliphatic carbocycles. The van der Waals surface area contributed by atoms with E-state index in [1.54, 1.807) is 19.2 Å². The first-order valence-corrected chi connectivity index (χ1v) is 8.56. The summed E-state index contributed by atoms with van der Waals surface area (Å²) in [5, 5.41) is 3.32. The summed E-state index contributed by atoms with van der Waals surface area (Å²) in [7, 11) is 3.83. The van der Waals surface area contributed by atoms with Gasteiger partial charge in [0.2, 0.25) is 0 Å². The fraction of sp³-hybridized carbons (Fsp3) is 0.562. The zero-order chi connectivity index (χ0) is 15.8. The van der Waals surface area contributed by atoms with Crippen LogP contribution in [0, 0.1) is 11.7 Å². The Morgan fingerprint density at radius 3 is 3.00 bits per heavy atom. The monoisotopic (exact) mass is 325 g/mol. The summed E-state index contributed by atoms with van der Waals surface area (Å²) in [6.45, 7) is 3.39. The minimum atomic E-state index is -0.157. The van der Waals surface area contributed by atoms with E-state index in [2.05, 4.69) is 15.2 Å². The molecule has 1 fully saturated rings. The first-order chi connectivity index (χ1) is 10.7. The van der Waals surface area contributed by atoms with E-state index in [1.165, 1.54) is 17.8 Å². The van der Waals surface area contributed by atoms with E-state index in [9.17, 15) is 4.39 Å². The molecular weight excluding hydrogens is 301 g/mol. The zero-order valence-corrected chi connectivity index (χ0v) is 14.0. The Morgan fingerprint density at radius 2 is 2.32 bits per heavy atom. The van der Waals surface area contributed by atoms with E-state index in [4.69, 9.17) is 4.74 Å². The van der Waals surface area contributed by atoms with Crippen molar-refractivity contribution in [3.05, 3.63) is 30.1 Å². The molecule has 4 nitrogen and oxygen atoms in total. The van der Waals surface area contributed by atoms with E-state index in [0.717, 1.165) is 44.4 Å². The first kappa shape index (κ1) is 17.1. The second kappa shape index (κ2) is 9.00. The van der Waals surface area contributed by atoms with E-state index < -0.39 is 0 Å². The van der Waals surface area contributed by atoms with E-state index in [-0.39, 0.29) is 5.82 Å². The number of hydrogen-bond donors (Lipinski definition) is 1. The number of aliphatic imine (C=N–C) groups is 1. The van der Waals surface area contributed by atoms with Crippen molar-refractivity contribution in [2.24, 2.45) is 10.9 Å². The van der Waals surface area contributed by atoms with Gasteiger partial charge in [0.25, 0.3) is 0 Å².